The van der Waals surface area contributed by atoms with E-state index in [2.05, 4.69) is 21.3 Å². The van der Waals surface area contributed by atoms with E-state index in [0.717, 1.165) is 14.7 Å². The Morgan fingerprint density at radius 3 is 1.52 bits per heavy atom. The van der Waals surface area contributed by atoms with Crippen LogP contribution in [0.2, 0.25) is 0 Å². The zero-order chi connectivity index (χ0) is 66.2. The largest absolute Gasteiger partial charge is 0.417 e. The van der Waals surface area contributed by atoms with E-state index in [0.29, 0.717) is 19.4 Å². The van der Waals surface area contributed by atoms with Crippen LogP contribution in [0.4, 0.5) is 4.79 Å². The van der Waals surface area contributed by atoms with Crippen LogP contribution < -0.4 is 21.3 Å². The molecule has 0 bridgehead atoms. The third kappa shape index (κ3) is 23.2. The van der Waals surface area contributed by atoms with Crippen molar-refractivity contribution < 1.29 is 66.5 Å². The van der Waals surface area contributed by atoms with E-state index in [1.165, 1.54) is 58.9 Å². The van der Waals surface area contributed by atoms with Gasteiger partial charge in [0.2, 0.25) is 41.4 Å². The number of carbonyl (C=O) groups excluding carboxylic acids is 9. The number of hydrogen-bond donors (Lipinski definition) is 6. The Hall–Kier alpha value is -5.02. The van der Waals surface area contributed by atoms with Gasteiger partial charge in [-0.3, -0.25) is 48.7 Å². The molecule has 2 heterocycles. The maximum Gasteiger partial charge on any atom is 0.417 e. The summed E-state index contributed by atoms with van der Waals surface area (Å²) < 4.78 is 29.9. The van der Waals surface area contributed by atoms with Gasteiger partial charge in [0, 0.05) is 48.3 Å². The Balaban J connectivity index is 2.96. The Bertz CT molecular complexity index is 2380. The zero-order valence-corrected chi connectivity index (χ0v) is 56.5. The van der Waals surface area contributed by atoms with E-state index < -0.39 is 148 Å². The van der Waals surface area contributed by atoms with Crippen molar-refractivity contribution in [2.24, 2.45) is 41.4 Å². The van der Waals surface area contributed by atoms with E-state index in [4.69, 9.17) is 4.74 Å². The van der Waals surface area contributed by atoms with Crippen LogP contribution in [-0.2, 0) is 52.9 Å². The van der Waals surface area contributed by atoms with E-state index >= 15 is 4.79 Å². The molecule has 0 saturated carbocycles. The lowest BCUT2D eigenvalue weighted by Gasteiger charge is -2.40. The van der Waals surface area contributed by atoms with Crippen LogP contribution in [0.1, 0.15) is 142 Å². The van der Waals surface area contributed by atoms with Gasteiger partial charge in [-0.25, -0.2) is 18.0 Å². The average molecular weight is 1240 g/mol. The van der Waals surface area contributed by atoms with Crippen molar-refractivity contribution in [3.05, 3.63) is 0 Å². The molecule has 8 amide bonds. The lowest BCUT2D eigenvalue weighted by Crippen LogP contribution is -2.64. The van der Waals surface area contributed by atoms with Crippen molar-refractivity contribution in [3.8, 4) is 0 Å². The molecule has 2 aliphatic heterocycles. The van der Waals surface area contributed by atoms with Crippen LogP contribution in [0, 0.1) is 41.4 Å². The second-order valence-electron chi connectivity index (χ2n) is 26.8. The Morgan fingerprint density at radius 2 is 1.03 bits per heavy atom. The minimum atomic E-state index is -3.21. The molecule has 0 radical (unpaired) electrons. The topological polar surface area (TPSA) is 308 Å². The first-order valence-electron chi connectivity index (χ1n) is 30.8. The summed E-state index contributed by atoms with van der Waals surface area (Å²) in [5, 5.41) is 35.4. The average Bonchev–Trinajstić information content (AvgIpc) is 2.22. The number of aliphatic hydroxyl groups excluding tert-OH is 2. The standard InChI is InChI=1S/C60H111N11O14S/c1-34(2)28-43-56(78)69(20)50(39(11)12)58(80)70(21)51(52(74)40(13)22-23-71-24-26-86(83,84)27-25-71)55(77)64-49(42(15)72)57(79)65(16)33-48(73)66(17)44(29-35(3)4)54(76)63-47(32-38(9)10)68(19)46(31-37(7)8)61-41(14)59(81)85-60(82)67(18)45(30-36(5)6)53(75)62-43/h34-47,49-52,61,72,74H,22-33H2,1-21H3,(H,62,75)(H,63,76)(H,64,77)/t40-,41-,42-,43-,44+,45-,46-,47+,49?,50?,51?,52-/m1/s1. The molecule has 0 aromatic rings. The SMILES string of the molecule is CC(C)C[C@@H]1C(=O)N[C@H](CC(C)C)C(=O)N(C)C(C(C)C)C(=O)N(C)C([C@H](O)[C@H](C)CCN2CCS(=O)(=O)CC2)C(=O)NC([C@@H](C)O)C(=O)N(C)CC(=O)N(C)[C@@H](CC(C)C)C(=O)N[C@H](CC(C)C)N(C)[C@H](CC(C)C)N[C@H](C)C(=O)OC(=O)N1C. The van der Waals surface area contributed by atoms with Gasteiger partial charge >= 0.3 is 12.1 Å². The Morgan fingerprint density at radius 1 is 0.558 bits per heavy atom. The predicted octanol–water partition coefficient (Wildman–Crippen LogP) is 1.94. The first kappa shape index (κ1) is 77.1. The number of esters is 1. The smallest absolute Gasteiger partial charge is 0.391 e. The minimum absolute atomic E-state index is 0.0376. The fourth-order valence-electron chi connectivity index (χ4n) is 11.0. The molecule has 25 nitrogen and oxygen atoms in total. The Labute approximate surface area is 514 Å². The number of aliphatic hydroxyl groups is 2. The van der Waals surface area contributed by atoms with Crippen LogP contribution >= 0.6 is 0 Å². The predicted molar refractivity (Wildman–Crippen MR) is 329 cm³/mol. The summed E-state index contributed by atoms with van der Waals surface area (Å²) in [6, 6.07) is -9.54. The maximum atomic E-state index is 15.2. The molecule has 2 fully saturated rings. The molecule has 3 unspecified atom stereocenters. The van der Waals surface area contributed by atoms with Gasteiger partial charge in [-0.1, -0.05) is 90.0 Å². The summed E-state index contributed by atoms with van der Waals surface area (Å²) in [6.07, 6.45) is -4.13. The van der Waals surface area contributed by atoms with Crippen molar-refractivity contribution in [1.82, 2.24) is 55.6 Å². The first-order chi connectivity index (χ1) is 39.6. The van der Waals surface area contributed by atoms with Gasteiger partial charge in [0.25, 0.3) is 0 Å². The summed E-state index contributed by atoms with van der Waals surface area (Å²) in [5.41, 5.74) is 0. The van der Waals surface area contributed by atoms with Gasteiger partial charge < -0.3 is 55.4 Å². The van der Waals surface area contributed by atoms with Crippen LogP contribution in [0.5, 0.6) is 0 Å². The fourth-order valence-corrected chi connectivity index (χ4v) is 12.3. The van der Waals surface area contributed by atoms with E-state index in [-0.39, 0.29) is 79.9 Å². The van der Waals surface area contributed by atoms with Crippen molar-refractivity contribution in [2.45, 2.75) is 209 Å². The lowest BCUT2D eigenvalue weighted by atomic mass is 9.91. The number of hydrogen-bond acceptors (Lipinski definition) is 17. The molecule has 0 aromatic carbocycles. The van der Waals surface area contributed by atoms with E-state index in [1.54, 1.807) is 27.8 Å². The molecule has 0 aliphatic carbocycles. The molecule has 0 aromatic heterocycles. The monoisotopic (exact) mass is 1240 g/mol. The van der Waals surface area contributed by atoms with E-state index in [9.17, 15) is 57.0 Å². The molecule has 12 atom stereocenters. The summed E-state index contributed by atoms with van der Waals surface area (Å²) in [6.45, 7) is 27.1. The van der Waals surface area contributed by atoms with Crippen LogP contribution in [0.15, 0.2) is 0 Å². The number of carbonyl (C=O) groups is 9. The van der Waals surface area contributed by atoms with Gasteiger partial charge in [-0.2, -0.15) is 0 Å². The number of rotatable bonds is 17. The molecule has 2 aliphatic rings. The third-order valence-electron chi connectivity index (χ3n) is 16.3. The summed E-state index contributed by atoms with van der Waals surface area (Å²) in [4.78, 5) is 140. The molecular formula is C60H111N11O14S. The van der Waals surface area contributed by atoms with Gasteiger partial charge in [0.15, 0.2) is 9.84 Å². The van der Waals surface area contributed by atoms with Gasteiger partial charge in [0.05, 0.1) is 42.6 Å². The second kappa shape index (κ2) is 34.7. The Kier molecular flexibility index (Phi) is 31.1. The van der Waals surface area contributed by atoms with Gasteiger partial charge in [-0.15, -0.1) is 0 Å². The molecule has 496 valence electrons. The van der Waals surface area contributed by atoms with Gasteiger partial charge in [-0.05, 0) is 107 Å². The highest BCUT2D eigenvalue weighted by molar-refractivity contribution is 7.91. The van der Waals surface area contributed by atoms with Crippen LogP contribution in [0.3, 0.4) is 0 Å². The highest BCUT2D eigenvalue weighted by atomic mass is 32.2. The molecular weight excluding hydrogens is 1130 g/mol. The second-order valence-corrected chi connectivity index (χ2v) is 29.1. The van der Waals surface area contributed by atoms with Crippen molar-refractivity contribution in [1.29, 1.82) is 0 Å². The lowest BCUT2D eigenvalue weighted by molar-refractivity contribution is -0.155. The molecule has 86 heavy (non-hydrogen) atoms. The minimum Gasteiger partial charge on any atom is -0.391 e. The van der Waals surface area contributed by atoms with Crippen LogP contribution in [0.25, 0.3) is 0 Å². The van der Waals surface area contributed by atoms with E-state index in [1.807, 2.05) is 79.0 Å². The molecule has 26 heteroatoms. The number of ether oxygens (including phenoxy) is 1. The number of nitrogens with zero attached hydrogens (tertiary/aromatic N) is 7. The number of amides is 8. The molecule has 0 spiro atoms. The third-order valence-corrected chi connectivity index (χ3v) is 17.9. The molecule has 2 saturated heterocycles. The van der Waals surface area contributed by atoms with Crippen molar-refractivity contribution in [2.75, 3.05) is 80.0 Å². The maximum absolute atomic E-state index is 15.2. The quantitative estimate of drug-likeness (QED) is 0.0896. The normalized spacial score (nSPS) is 27.8. The molecule has 2 rings (SSSR count). The van der Waals surface area contributed by atoms with Crippen molar-refractivity contribution >= 4 is 63.3 Å². The number of nitrogens with one attached hydrogen (secondary N) is 4. The van der Waals surface area contributed by atoms with Gasteiger partial charge in [0.1, 0.15) is 42.3 Å². The molecule has 6 N–H and O–H groups in total. The van der Waals surface area contributed by atoms with Crippen LogP contribution in [-0.4, -0.2) is 253 Å². The number of sulfone groups is 1. The van der Waals surface area contributed by atoms with Crippen molar-refractivity contribution in [3.63, 3.8) is 0 Å². The highest BCUT2D eigenvalue weighted by Crippen LogP contribution is 2.25. The summed E-state index contributed by atoms with van der Waals surface area (Å²) in [5.74, 6) is -8.19. The number of likely N-dealkylation sites (N-methyl/N-ethyl adjacent to an activating group) is 5. The number of cyclic esters (lactones) is 2. The zero-order valence-electron chi connectivity index (χ0n) is 55.7. The summed E-state index contributed by atoms with van der Waals surface area (Å²) >= 11 is 0. The highest BCUT2D eigenvalue weighted by Gasteiger charge is 2.45. The summed E-state index contributed by atoms with van der Waals surface area (Å²) in [7, 11) is 5.30. The first-order valence-corrected chi connectivity index (χ1v) is 32.7. The fraction of sp³-hybridized carbons (Fsp3) is 0.850.